The van der Waals surface area contributed by atoms with Gasteiger partial charge in [-0.15, -0.1) is 0 Å². The molecule has 1 aliphatic heterocycles. The second kappa shape index (κ2) is 14.7. The lowest BCUT2D eigenvalue weighted by atomic mass is 9.85. The summed E-state index contributed by atoms with van der Waals surface area (Å²) in [5, 5.41) is 11.8. The summed E-state index contributed by atoms with van der Waals surface area (Å²) in [6.07, 6.45) is 0.861. The molecule has 0 bridgehead atoms. The minimum atomic E-state index is -1.06. The standard InChI is InChI=1S/C25H47N7O5S/c1-15(13-17(33)20(26)34)29-21(35)16-9-8-12-32(16)22(36)19(25(5,6)7)31-23(37)30-18(24(2,3)4)14-27-10-11-28-38/h15-16,18-19,27-28,38H,8-14H2,1-7H3,(H2,26,34)(H,29,35)(H2,30,31,37). The predicted octanol–water partition coefficient (Wildman–Crippen LogP) is 0.0792. The zero-order valence-corrected chi connectivity index (χ0v) is 24.7. The van der Waals surface area contributed by atoms with E-state index in [4.69, 9.17) is 5.73 Å². The SMILES string of the molecule is CC(CC(=O)C(N)=O)NC(=O)C1CCCN1C(=O)C(NC(=O)NC(CNCCNS)C(C)(C)C)C(C)(C)C. The highest BCUT2D eigenvalue weighted by Gasteiger charge is 2.42. The van der Waals surface area contributed by atoms with Crippen molar-refractivity contribution in [3.8, 4) is 0 Å². The Bertz CT molecular complexity index is 856. The molecule has 1 rings (SSSR count). The molecule has 218 valence electrons. The van der Waals surface area contributed by atoms with Crippen molar-refractivity contribution in [2.24, 2.45) is 16.6 Å². The Morgan fingerprint density at radius 2 is 1.61 bits per heavy atom. The molecule has 0 aromatic heterocycles. The third-order valence-electron chi connectivity index (χ3n) is 6.49. The first kappa shape index (κ1) is 33.6. The summed E-state index contributed by atoms with van der Waals surface area (Å²) in [5.41, 5.74) is 4.12. The molecule has 4 atom stereocenters. The molecule has 0 radical (unpaired) electrons. The maximum atomic E-state index is 13.7. The van der Waals surface area contributed by atoms with E-state index in [1.807, 2.05) is 41.5 Å². The van der Waals surface area contributed by atoms with Gasteiger partial charge in [-0.05, 0) is 30.6 Å². The van der Waals surface area contributed by atoms with Gasteiger partial charge in [-0.25, -0.2) is 4.79 Å². The van der Waals surface area contributed by atoms with Gasteiger partial charge in [0.25, 0.3) is 5.91 Å². The van der Waals surface area contributed by atoms with Gasteiger partial charge >= 0.3 is 6.03 Å². The molecule has 38 heavy (non-hydrogen) atoms. The number of nitrogens with zero attached hydrogens (tertiary/aromatic N) is 1. The van der Waals surface area contributed by atoms with E-state index < -0.39 is 47.2 Å². The Morgan fingerprint density at radius 1 is 0.974 bits per heavy atom. The van der Waals surface area contributed by atoms with Gasteiger partial charge in [-0.2, -0.15) is 0 Å². The summed E-state index contributed by atoms with van der Waals surface area (Å²) in [4.78, 5) is 63.9. The number of hydrogen-bond acceptors (Lipinski definition) is 8. The van der Waals surface area contributed by atoms with Gasteiger partial charge in [0.15, 0.2) is 0 Å². The molecular weight excluding hydrogens is 510 g/mol. The molecule has 1 fully saturated rings. The van der Waals surface area contributed by atoms with Gasteiger partial charge in [-0.1, -0.05) is 54.4 Å². The number of primary amides is 1. The molecule has 4 unspecified atom stereocenters. The van der Waals surface area contributed by atoms with E-state index in [0.29, 0.717) is 39.0 Å². The molecule has 7 N–H and O–H groups in total. The summed E-state index contributed by atoms with van der Waals surface area (Å²) in [6, 6.07) is -2.92. The van der Waals surface area contributed by atoms with Crippen LogP contribution < -0.4 is 31.7 Å². The lowest BCUT2D eigenvalue weighted by Crippen LogP contribution is -2.61. The largest absolute Gasteiger partial charge is 0.363 e. The fraction of sp³-hybridized carbons (Fsp3) is 0.800. The first-order valence-electron chi connectivity index (χ1n) is 13.1. The topological polar surface area (TPSA) is 175 Å². The van der Waals surface area contributed by atoms with Crippen LogP contribution in [0, 0.1) is 10.8 Å². The quantitative estimate of drug-likeness (QED) is 0.0953. The van der Waals surface area contributed by atoms with Crippen LogP contribution in [0.4, 0.5) is 4.79 Å². The number of carbonyl (C=O) groups is 5. The van der Waals surface area contributed by atoms with E-state index in [1.165, 1.54) is 4.90 Å². The molecule has 1 heterocycles. The van der Waals surface area contributed by atoms with Crippen LogP contribution in [0.1, 0.15) is 67.7 Å². The highest BCUT2D eigenvalue weighted by atomic mass is 32.1. The second-order valence-corrected chi connectivity index (χ2v) is 12.4. The number of rotatable bonds is 13. The number of hydrogen-bond donors (Lipinski definition) is 7. The number of likely N-dealkylation sites (tertiary alicyclic amines) is 1. The zero-order chi connectivity index (χ0) is 29.3. The van der Waals surface area contributed by atoms with E-state index in [-0.39, 0.29) is 23.8 Å². The van der Waals surface area contributed by atoms with E-state index in [0.717, 1.165) is 0 Å². The molecule has 13 heteroatoms. The summed E-state index contributed by atoms with van der Waals surface area (Å²) in [5.74, 6) is -2.59. The fourth-order valence-corrected chi connectivity index (χ4v) is 4.29. The Morgan fingerprint density at radius 3 is 2.13 bits per heavy atom. The van der Waals surface area contributed by atoms with Crippen LogP contribution in [0.2, 0.25) is 0 Å². The molecule has 0 aliphatic carbocycles. The average molecular weight is 558 g/mol. The van der Waals surface area contributed by atoms with Crippen molar-refractivity contribution in [1.82, 2.24) is 30.9 Å². The average Bonchev–Trinajstić information content (AvgIpc) is 3.27. The van der Waals surface area contributed by atoms with Crippen molar-refractivity contribution in [3.05, 3.63) is 0 Å². The first-order valence-corrected chi connectivity index (χ1v) is 13.5. The van der Waals surface area contributed by atoms with Crippen molar-refractivity contribution in [1.29, 1.82) is 0 Å². The van der Waals surface area contributed by atoms with E-state index in [1.54, 1.807) is 6.92 Å². The fourth-order valence-electron chi connectivity index (χ4n) is 4.18. The van der Waals surface area contributed by atoms with Crippen LogP contribution in [0.3, 0.4) is 0 Å². The van der Waals surface area contributed by atoms with Crippen LogP contribution in [0.5, 0.6) is 0 Å². The highest BCUT2D eigenvalue weighted by Crippen LogP contribution is 2.26. The number of nitrogens with one attached hydrogen (secondary N) is 5. The molecule has 0 aromatic rings. The Kier molecular flexibility index (Phi) is 13.0. The second-order valence-electron chi connectivity index (χ2n) is 12.0. The number of carbonyl (C=O) groups excluding carboxylic acids is 5. The summed E-state index contributed by atoms with van der Waals surface area (Å²) in [7, 11) is 0. The zero-order valence-electron chi connectivity index (χ0n) is 23.8. The molecule has 5 amide bonds. The van der Waals surface area contributed by atoms with E-state index in [9.17, 15) is 24.0 Å². The number of amides is 5. The summed E-state index contributed by atoms with van der Waals surface area (Å²) < 4.78 is 2.77. The lowest BCUT2D eigenvalue weighted by molar-refractivity contribution is -0.142. The lowest BCUT2D eigenvalue weighted by Gasteiger charge is -2.37. The third kappa shape index (κ3) is 10.8. The summed E-state index contributed by atoms with van der Waals surface area (Å²) in [6.45, 7) is 15.5. The molecular formula is C25H47N7O5S. The van der Waals surface area contributed by atoms with Gasteiger partial charge in [0.1, 0.15) is 12.1 Å². The van der Waals surface area contributed by atoms with Crippen molar-refractivity contribution in [2.75, 3.05) is 26.2 Å². The number of nitrogens with two attached hydrogens (primary N) is 1. The number of urea groups is 1. The number of Topliss-reactive ketones (excluding diaryl/α,β-unsaturated/α-hetero) is 1. The van der Waals surface area contributed by atoms with Gasteiger partial charge in [0, 0.05) is 44.7 Å². The van der Waals surface area contributed by atoms with E-state index >= 15 is 0 Å². The van der Waals surface area contributed by atoms with Gasteiger partial charge in [0.2, 0.25) is 17.6 Å². The van der Waals surface area contributed by atoms with Crippen molar-refractivity contribution in [2.45, 2.75) is 91.9 Å². The predicted molar refractivity (Wildman–Crippen MR) is 149 cm³/mol. The monoisotopic (exact) mass is 557 g/mol. The van der Waals surface area contributed by atoms with Gasteiger partial charge in [0.05, 0.1) is 0 Å². The van der Waals surface area contributed by atoms with Crippen LogP contribution in [0.25, 0.3) is 0 Å². The molecule has 0 spiro atoms. The maximum Gasteiger partial charge on any atom is 0.315 e. The van der Waals surface area contributed by atoms with Crippen molar-refractivity contribution < 1.29 is 24.0 Å². The molecule has 1 aliphatic rings. The Labute approximate surface area is 231 Å². The van der Waals surface area contributed by atoms with Gasteiger partial charge < -0.3 is 31.9 Å². The third-order valence-corrected chi connectivity index (χ3v) is 6.72. The Balaban J connectivity index is 2.94. The maximum absolute atomic E-state index is 13.7. The van der Waals surface area contributed by atoms with E-state index in [2.05, 4.69) is 38.8 Å². The smallest absolute Gasteiger partial charge is 0.315 e. The Hall–Kier alpha value is -2.38. The van der Waals surface area contributed by atoms with Crippen LogP contribution in [0.15, 0.2) is 0 Å². The molecule has 0 aromatic carbocycles. The van der Waals surface area contributed by atoms with Crippen LogP contribution in [-0.4, -0.2) is 84.8 Å². The van der Waals surface area contributed by atoms with Crippen molar-refractivity contribution in [3.63, 3.8) is 0 Å². The van der Waals surface area contributed by atoms with Crippen molar-refractivity contribution >= 4 is 42.4 Å². The summed E-state index contributed by atoms with van der Waals surface area (Å²) >= 11 is 3.97. The first-order chi connectivity index (χ1) is 17.5. The minimum Gasteiger partial charge on any atom is -0.363 e. The normalized spacial score (nSPS) is 18.3. The molecule has 0 saturated carbocycles. The molecule has 1 saturated heterocycles. The number of ketones is 1. The van der Waals surface area contributed by atoms with Crippen LogP contribution in [-0.2, 0) is 19.2 Å². The molecule has 12 nitrogen and oxygen atoms in total. The van der Waals surface area contributed by atoms with Gasteiger partial charge in [-0.3, -0.25) is 23.9 Å². The highest BCUT2D eigenvalue weighted by molar-refractivity contribution is 7.78. The van der Waals surface area contributed by atoms with Crippen LogP contribution >= 0.6 is 12.8 Å². The number of thiol groups is 1. The minimum absolute atomic E-state index is 0.215.